The third kappa shape index (κ3) is 3.26. The molecule has 0 spiro atoms. The van der Waals surface area contributed by atoms with Gasteiger partial charge in [-0.15, -0.1) is 0 Å². The Morgan fingerprint density at radius 2 is 1.90 bits per heavy atom. The summed E-state index contributed by atoms with van der Waals surface area (Å²) in [7, 11) is 0. The average Bonchev–Trinajstić information content (AvgIpc) is 2.97. The molecule has 152 valence electrons. The average molecular weight is 393 g/mol. The maximum absolute atomic E-state index is 13.3. The van der Waals surface area contributed by atoms with Crippen LogP contribution in [-0.4, -0.2) is 46.8 Å². The second-order valence-electron chi connectivity index (χ2n) is 8.12. The Balaban J connectivity index is 1.61. The smallest absolute Gasteiger partial charge is 0.325 e. The van der Waals surface area contributed by atoms with Crippen LogP contribution in [0.3, 0.4) is 0 Å². The Morgan fingerprint density at radius 3 is 2.69 bits per heavy atom. The van der Waals surface area contributed by atoms with E-state index in [-0.39, 0.29) is 24.4 Å². The first-order valence-electron chi connectivity index (χ1n) is 10.4. The largest absolute Gasteiger partial charge is 0.338 e. The van der Waals surface area contributed by atoms with Gasteiger partial charge in [0.1, 0.15) is 12.1 Å². The zero-order valence-corrected chi connectivity index (χ0v) is 17.0. The number of benzene rings is 2. The van der Waals surface area contributed by atoms with E-state index in [4.69, 9.17) is 0 Å². The van der Waals surface area contributed by atoms with Crippen molar-refractivity contribution in [2.75, 3.05) is 13.1 Å². The molecule has 4 rings (SSSR count). The number of nitrogens with one attached hydrogen (secondary N) is 1. The molecule has 6 nitrogen and oxygen atoms in total. The minimum absolute atomic E-state index is 0.151. The van der Waals surface area contributed by atoms with Gasteiger partial charge in [0.2, 0.25) is 5.91 Å². The summed E-state index contributed by atoms with van der Waals surface area (Å²) < 4.78 is 0. The molecule has 2 fully saturated rings. The standard InChI is InChI=1S/C23H27N3O3/c1-3-17-11-6-7-14-25(17)20(27)15-26-21(28)23(2,24-22(26)29)19-13-8-10-16-9-4-5-12-18(16)19/h4-5,8-10,12-13,17H,3,6-7,11,14-15H2,1-2H3,(H,24,29)/t17-,23-/m0/s1. The number of fused-ring (bicyclic) bond motifs is 1. The summed E-state index contributed by atoms with van der Waals surface area (Å²) in [5, 5.41) is 4.76. The summed E-state index contributed by atoms with van der Waals surface area (Å²) in [5.41, 5.74) is -0.446. The lowest BCUT2D eigenvalue weighted by molar-refractivity contribution is -0.141. The van der Waals surface area contributed by atoms with E-state index < -0.39 is 11.6 Å². The predicted molar refractivity (Wildman–Crippen MR) is 111 cm³/mol. The highest BCUT2D eigenvalue weighted by Gasteiger charge is 2.50. The highest BCUT2D eigenvalue weighted by atomic mass is 16.2. The van der Waals surface area contributed by atoms with E-state index in [1.54, 1.807) is 6.92 Å². The molecule has 0 aliphatic carbocycles. The van der Waals surface area contributed by atoms with Gasteiger partial charge in [-0.25, -0.2) is 4.79 Å². The van der Waals surface area contributed by atoms with Crippen molar-refractivity contribution in [1.29, 1.82) is 0 Å². The normalized spacial score (nSPS) is 24.8. The van der Waals surface area contributed by atoms with Crippen LogP contribution in [0.5, 0.6) is 0 Å². The molecule has 2 aromatic carbocycles. The summed E-state index contributed by atoms with van der Waals surface area (Å²) in [6, 6.07) is 13.2. The lowest BCUT2D eigenvalue weighted by Crippen LogP contribution is -2.49. The minimum Gasteiger partial charge on any atom is -0.338 e. The number of urea groups is 1. The predicted octanol–water partition coefficient (Wildman–Crippen LogP) is 3.40. The summed E-state index contributed by atoms with van der Waals surface area (Å²) in [4.78, 5) is 41.9. The molecule has 2 aliphatic heterocycles. The Hall–Kier alpha value is -2.89. The zero-order chi connectivity index (χ0) is 20.6. The number of amides is 4. The third-order valence-electron chi connectivity index (χ3n) is 6.32. The molecular formula is C23H27N3O3. The van der Waals surface area contributed by atoms with E-state index >= 15 is 0 Å². The Labute approximate surface area is 170 Å². The highest BCUT2D eigenvalue weighted by Crippen LogP contribution is 2.34. The van der Waals surface area contributed by atoms with Crippen LogP contribution in [-0.2, 0) is 15.1 Å². The molecule has 4 amide bonds. The SMILES string of the molecule is CC[C@H]1CCCCN1C(=O)CN1C(=O)N[C@@](C)(c2cccc3ccccc23)C1=O. The quantitative estimate of drug-likeness (QED) is 0.810. The van der Waals surface area contributed by atoms with E-state index in [9.17, 15) is 14.4 Å². The van der Waals surface area contributed by atoms with Crippen molar-refractivity contribution in [2.45, 2.75) is 51.1 Å². The molecule has 2 aliphatic rings. The second-order valence-corrected chi connectivity index (χ2v) is 8.12. The number of rotatable bonds is 4. The Bertz CT molecular complexity index is 967. The van der Waals surface area contributed by atoms with Gasteiger partial charge in [-0.3, -0.25) is 14.5 Å². The zero-order valence-electron chi connectivity index (χ0n) is 17.0. The molecule has 0 bridgehead atoms. The van der Waals surface area contributed by atoms with E-state index in [0.717, 1.165) is 46.9 Å². The van der Waals surface area contributed by atoms with Crippen LogP contribution < -0.4 is 5.32 Å². The molecule has 2 heterocycles. The fourth-order valence-corrected chi connectivity index (χ4v) is 4.66. The van der Waals surface area contributed by atoms with Gasteiger partial charge < -0.3 is 10.2 Å². The molecule has 29 heavy (non-hydrogen) atoms. The number of hydrogen-bond donors (Lipinski definition) is 1. The van der Waals surface area contributed by atoms with Crippen LogP contribution in [0.4, 0.5) is 4.79 Å². The lowest BCUT2D eigenvalue weighted by Gasteiger charge is -2.36. The van der Waals surface area contributed by atoms with E-state index in [0.29, 0.717) is 6.54 Å². The highest BCUT2D eigenvalue weighted by molar-refractivity contribution is 6.10. The van der Waals surface area contributed by atoms with Crippen molar-refractivity contribution < 1.29 is 14.4 Å². The fourth-order valence-electron chi connectivity index (χ4n) is 4.66. The van der Waals surface area contributed by atoms with Gasteiger partial charge in [-0.2, -0.15) is 0 Å². The van der Waals surface area contributed by atoms with Gasteiger partial charge in [0.15, 0.2) is 0 Å². The number of likely N-dealkylation sites (tertiary alicyclic amines) is 1. The van der Waals surface area contributed by atoms with Crippen LogP contribution >= 0.6 is 0 Å². The minimum atomic E-state index is -1.19. The molecule has 0 aromatic heterocycles. The number of piperidine rings is 1. The van der Waals surface area contributed by atoms with Gasteiger partial charge in [0.05, 0.1) is 0 Å². The number of nitrogens with zero attached hydrogens (tertiary/aromatic N) is 2. The fraction of sp³-hybridized carbons (Fsp3) is 0.435. The van der Waals surface area contributed by atoms with Crippen molar-refractivity contribution in [3.8, 4) is 0 Å². The number of hydrogen-bond acceptors (Lipinski definition) is 3. The first kappa shape index (κ1) is 19.4. The molecule has 1 N–H and O–H groups in total. The molecule has 0 saturated carbocycles. The van der Waals surface area contributed by atoms with Crippen LogP contribution in [0, 0.1) is 0 Å². The molecule has 2 atom stereocenters. The first-order chi connectivity index (χ1) is 14.0. The molecule has 2 saturated heterocycles. The van der Waals surface area contributed by atoms with Crippen molar-refractivity contribution in [3.63, 3.8) is 0 Å². The van der Waals surface area contributed by atoms with Crippen LogP contribution in [0.1, 0.15) is 45.1 Å². The van der Waals surface area contributed by atoms with Crippen molar-refractivity contribution >= 4 is 28.6 Å². The van der Waals surface area contributed by atoms with E-state index in [1.807, 2.05) is 47.4 Å². The van der Waals surface area contributed by atoms with Gasteiger partial charge in [-0.1, -0.05) is 49.4 Å². The van der Waals surface area contributed by atoms with Gasteiger partial charge in [0.25, 0.3) is 5.91 Å². The van der Waals surface area contributed by atoms with Crippen molar-refractivity contribution in [2.24, 2.45) is 0 Å². The maximum Gasteiger partial charge on any atom is 0.325 e. The van der Waals surface area contributed by atoms with Crippen LogP contribution in [0.25, 0.3) is 10.8 Å². The van der Waals surface area contributed by atoms with E-state index in [2.05, 4.69) is 12.2 Å². The van der Waals surface area contributed by atoms with Gasteiger partial charge in [0, 0.05) is 12.6 Å². The number of carbonyl (C=O) groups is 3. The Morgan fingerprint density at radius 1 is 1.14 bits per heavy atom. The molecule has 2 aromatic rings. The van der Waals surface area contributed by atoms with Crippen LogP contribution in [0.2, 0.25) is 0 Å². The van der Waals surface area contributed by atoms with Crippen LogP contribution in [0.15, 0.2) is 42.5 Å². The van der Waals surface area contributed by atoms with Gasteiger partial charge in [-0.05, 0) is 48.9 Å². The molecule has 6 heteroatoms. The summed E-state index contributed by atoms with van der Waals surface area (Å²) in [5.74, 6) is -0.528. The summed E-state index contributed by atoms with van der Waals surface area (Å²) in [6.07, 6.45) is 3.95. The third-order valence-corrected chi connectivity index (χ3v) is 6.32. The monoisotopic (exact) mass is 393 g/mol. The summed E-state index contributed by atoms with van der Waals surface area (Å²) in [6.45, 7) is 4.28. The second kappa shape index (κ2) is 7.50. The molecular weight excluding hydrogens is 366 g/mol. The molecule has 0 radical (unpaired) electrons. The maximum atomic E-state index is 13.3. The molecule has 0 unspecified atom stereocenters. The topological polar surface area (TPSA) is 69.7 Å². The lowest BCUT2D eigenvalue weighted by atomic mass is 9.88. The van der Waals surface area contributed by atoms with Crippen molar-refractivity contribution in [3.05, 3.63) is 48.0 Å². The Kier molecular flexibility index (Phi) is 5.03. The van der Waals surface area contributed by atoms with Gasteiger partial charge >= 0.3 is 6.03 Å². The number of imide groups is 1. The summed E-state index contributed by atoms with van der Waals surface area (Å²) >= 11 is 0. The van der Waals surface area contributed by atoms with Crippen molar-refractivity contribution in [1.82, 2.24) is 15.1 Å². The van der Waals surface area contributed by atoms with E-state index in [1.165, 1.54) is 0 Å². The first-order valence-corrected chi connectivity index (χ1v) is 10.4. The number of carbonyl (C=O) groups excluding carboxylic acids is 3.